The maximum absolute atomic E-state index is 13.9. The second-order valence-electron chi connectivity index (χ2n) is 4.80. The summed E-state index contributed by atoms with van der Waals surface area (Å²) in [5.41, 5.74) is 1.42. The van der Waals surface area contributed by atoms with Crippen LogP contribution in [0.2, 0.25) is 0 Å². The van der Waals surface area contributed by atoms with Crippen molar-refractivity contribution in [3.63, 3.8) is 0 Å². The van der Waals surface area contributed by atoms with Crippen LogP contribution in [0.3, 0.4) is 0 Å². The van der Waals surface area contributed by atoms with Gasteiger partial charge in [0.1, 0.15) is 11.5 Å². The molecule has 0 saturated carbocycles. The highest BCUT2D eigenvalue weighted by molar-refractivity contribution is 5.96. The predicted octanol–water partition coefficient (Wildman–Crippen LogP) is 2.14. The largest absolute Gasteiger partial charge is 0.383 e. The Hall–Kier alpha value is -2.28. The topological polar surface area (TPSA) is 56.1 Å². The van der Waals surface area contributed by atoms with Crippen LogP contribution < -0.4 is 5.32 Å². The number of aryl methyl sites for hydroxylation is 1. The molecule has 0 aliphatic heterocycles. The fourth-order valence-electron chi connectivity index (χ4n) is 2.21. The maximum Gasteiger partial charge on any atom is 0.255 e. The van der Waals surface area contributed by atoms with Crippen LogP contribution in [0.15, 0.2) is 18.2 Å². The second kappa shape index (κ2) is 6.65. The van der Waals surface area contributed by atoms with Gasteiger partial charge >= 0.3 is 0 Å². The predicted molar refractivity (Wildman–Crippen MR) is 77.2 cm³/mol. The van der Waals surface area contributed by atoms with Crippen LogP contribution in [-0.2, 0) is 4.74 Å². The lowest BCUT2D eigenvalue weighted by molar-refractivity contribution is 0.0936. The monoisotopic (exact) mass is 309 g/mol. The molecule has 0 aliphatic rings. The van der Waals surface area contributed by atoms with Crippen molar-refractivity contribution in [2.45, 2.75) is 13.8 Å². The van der Waals surface area contributed by atoms with E-state index in [1.807, 2.05) is 0 Å². The summed E-state index contributed by atoms with van der Waals surface area (Å²) in [5, 5.41) is 6.88. The number of methoxy groups -OCH3 is 1. The Bertz CT molecular complexity index is 698. The van der Waals surface area contributed by atoms with Crippen molar-refractivity contribution >= 4 is 5.91 Å². The van der Waals surface area contributed by atoms with Gasteiger partial charge in [0.05, 0.1) is 23.6 Å². The fourth-order valence-corrected chi connectivity index (χ4v) is 2.21. The molecule has 1 aromatic heterocycles. The molecule has 7 heteroatoms. The number of aromatic nitrogens is 2. The lowest BCUT2D eigenvalue weighted by Gasteiger charge is -2.07. The molecule has 0 bridgehead atoms. The number of nitrogens with one attached hydrogen (secondary N) is 1. The van der Waals surface area contributed by atoms with Gasteiger partial charge in [-0.15, -0.1) is 0 Å². The van der Waals surface area contributed by atoms with Crippen molar-refractivity contribution in [2.75, 3.05) is 20.3 Å². The summed E-state index contributed by atoms with van der Waals surface area (Å²) in [4.78, 5) is 12.2. The van der Waals surface area contributed by atoms with Gasteiger partial charge in [0.2, 0.25) is 0 Å². The quantitative estimate of drug-likeness (QED) is 0.861. The molecule has 1 aromatic carbocycles. The number of carbonyl (C=O) groups excluding carboxylic acids is 1. The zero-order valence-electron chi connectivity index (χ0n) is 12.6. The minimum Gasteiger partial charge on any atom is -0.383 e. The van der Waals surface area contributed by atoms with E-state index in [9.17, 15) is 13.6 Å². The van der Waals surface area contributed by atoms with Crippen molar-refractivity contribution in [3.05, 3.63) is 46.8 Å². The molecule has 0 radical (unpaired) electrons. The summed E-state index contributed by atoms with van der Waals surface area (Å²) < 4.78 is 33.1. The first-order valence-corrected chi connectivity index (χ1v) is 6.74. The molecule has 0 fully saturated rings. The number of hydrogen-bond donors (Lipinski definition) is 1. The molecule has 22 heavy (non-hydrogen) atoms. The summed E-state index contributed by atoms with van der Waals surface area (Å²) in [6, 6.07) is 3.22. The number of halogens is 2. The van der Waals surface area contributed by atoms with Gasteiger partial charge in [-0.3, -0.25) is 4.79 Å². The Balaban J connectivity index is 2.36. The van der Waals surface area contributed by atoms with Gasteiger partial charge in [0, 0.05) is 19.7 Å². The number of nitrogens with zero attached hydrogens (tertiary/aromatic N) is 2. The Morgan fingerprint density at radius 2 is 2.09 bits per heavy atom. The fraction of sp³-hybridized carbons (Fsp3) is 0.333. The molecule has 0 aliphatic carbocycles. The van der Waals surface area contributed by atoms with E-state index >= 15 is 0 Å². The number of ether oxygens (including phenoxy) is 1. The van der Waals surface area contributed by atoms with E-state index in [1.165, 1.54) is 17.9 Å². The Kier molecular flexibility index (Phi) is 4.87. The Morgan fingerprint density at radius 1 is 1.36 bits per heavy atom. The minimum absolute atomic E-state index is 0.0953. The molecule has 118 valence electrons. The number of carbonyl (C=O) groups is 1. The average Bonchev–Trinajstić information content (AvgIpc) is 2.74. The third-order valence-corrected chi connectivity index (χ3v) is 3.25. The third kappa shape index (κ3) is 3.14. The smallest absolute Gasteiger partial charge is 0.255 e. The van der Waals surface area contributed by atoms with Gasteiger partial charge in [-0.25, -0.2) is 13.5 Å². The number of amides is 1. The maximum atomic E-state index is 13.9. The Labute approximate surface area is 126 Å². The van der Waals surface area contributed by atoms with Crippen LogP contribution in [0, 0.1) is 25.5 Å². The van der Waals surface area contributed by atoms with Crippen LogP contribution in [0.5, 0.6) is 0 Å². The summed E-state index contributed by atoms with van der Waals surface area (Å²) in [7, 11) is 1.54. The first-order valence-electron chi connectivity index (χ1n) is 6.74. The van der Waals surface area contributed by atoms with Gasteiger partial charge in [-0.05, 0) is 26.0 Å². The van der Waals surface area contributed by atoms with E-state index in [0.29, 0.717) is 30.1 Å². The SMILES string of the molecule is COCCNC(=O)c1c(C)nn(-c2ccc(F)cc2F)c1C. The normalized spacial score (nSPS) is 10.8. The zero-order chi connectivity index (χ0) is 16.3. The van der Waals surface area contributed by atoms with Gasteiger partial charge in [-0.2, -0.15) is 5.10 Å². The summed E-state index contributed by atoms with van der Waals surface area (Å²) in [5.74, 6) is -1.71. The van der Waals surface area contributed by atoms with E-state index in [0.717, 1.165) is 12.1 Å². The second-order valence-corrected chi connectivity index (χ2v) is 4.80. The molecule has 0 spiro atoms. The first kappa shape index (κ1) is 16.1. The third-order valence-electron chi connectivity index (χ3n) is 3.25. The van der Waals surface area contributed by atoms with Crippen LogP contribution in [0.4, 0.5) is 8.78 Å². The van der Waals surface area contributed by atoms with Crippen LogP contribution in [0.25, 0.3) is 5.69 Å². The lowest BCUT2D eigenvalue weighted by atomic mass is 10.2. The lowest BCUT2D eigenvalue weighted by Crippen LogP contribution is -2.27. The Morgan fingerprint density at radius 3 is 2.73 bits per heavy atom. The average molecular weight is 309 g/mol. The van der Waals surface area contributed by atoms with Gasteiger partial charge in [-0.1, -0.05) is 0 Å². The molecule has 0 unspecified atom stereocenters. The number of hydrogen-bond acceptors (Lipinski definition) is 3. The van der Waals surface area contributed by atoms with Crippen molar-refractivity contribution in [1.82, 2.24) is 15.1 Å². The number of benzene rings is 1. The molecule has 1 N–H and O–H groups in total. The van der Waals surface area contributed by atoms with Crippen molar-refractivity contribution in [2.24, 2.45) is 0 Å². The minimum atomic E-state index is -0.739. The van der Waals surface area contributed by atoms with E-state index in [1.54, 1.807) is 13.8 Å². The van der Waals surface area contributed by atoms with E-state index < -0.39 is 11.6 Å². The summed E-state index contributed by atoms with van der Waals surface area (Å²) in [6.45, 7) is 4.08. The van der Waals surface area contributed by atoms with E-state index in [-0.39, 0.29) is 11.6 Å². The van der Waals surface area contributed by atoms with Crippen LogP contribution in [0.1, 0.15) is 21.7 Å². The molecule has 0 saturated heterocycles. The van der Waals surface area contributed by atoms with Gasteiger partial charge in [0.15, 0.2) is 5.82 Å². The van der Waals surface area contributed by atoms with E-state index in [4.69, 9.17) is 4.74 Å². The highest BCUT2D eigenvalue weighted by atomic mass is 19.1. The van der Waals surface area contributed by atoms with Crippen molar-refractivity contribution in [1.29, 1.82) is 0 Å². The number of rotatable bonds is 5. The highest BCUT2D eigenvalue weighted by Gasteiger charge is 2.20. The molecule has 2 rings (SSSR count). The first-order chi connectivity index (χ1) is 10.5. The highest BCUT2D eigenvalue weighted by Crippen LogP contribution is 2.20. The summed E-state index contributed by atoms with van der Waals surface area (Å²) in [6.07, 6.45) is 0. The van der Waals surface area contributed by atoms with Gasteiger partial charge in [0.25, 0.3) is 5.91 Å². The van der Waals surface area contributed by atoms with Crippen molar-refractivity contribution < 1.29 is 18.3 Å². The molecule has 0 atom stereocenters. The molecule has 5 nitrogen and oxygen atoms in total. The molecular formula is C15H17F2N3O2. The molecular weight excluding hydrogens is 292 g/mol. The zero-order valence-corrected chi connectivity index (χ0v) is 12.6. The van der Waals surface area contributed by atoms with Crippen molar-refractivity contribution in [3.8, 4) is 5.69 Å². The standard InChI is InChI=1S/C15H17F2N3O2/c1-9-14(15(21)18-6-7-22-3)10(2)20(19-9)13-5-4-11(16)8-12(13)17/h4-5,8H,6-7H2,1-3H3,(H,18,21). The molecule has 2 aromatic rings. The molecule has 1 heterocycles. The van der Waals surface area contributed by atoms with Gasteiger partial charge < -0.3 is 10.1 Å². The van der Waals surface area contributed by atoms with E-state index in [2.05, 4.69) is 10.4 Å². The van der Waals surface area contributed by atoms with Crippen LogP contribution >= 0.6 is 0 Å². The summed E-state index contributed by atoms with van der Waals surface area (Å²) >= 11 is 0. The van der Waals surface area contributed by atoms with Crippen LogP contribution in [-0.4, -0.2) is 35.9 Å². The molecule has 1 amide bonds.